The predicted molar refractivity (Wildman–Crippen MR) is 64.9 cm³/mol. The molecule has 0 saturated heterocycles. The number of amides is 1. The molecule has 0 saturated carbocycles. The van der Waals surface area contributed by atoms with Crippen LogP contribution >= 0.6 is 0 Å². The third kappa shape index (κ3) is 3.51. The van der Waals surface area contributed by atoms with E-state index in [0.717, 1.165) is 0 Å². The first-order valence-electron chi connectivity index (χ1n) is 5.56. The van der Waals surface area contributed by atoms with Crippen molar-refractivity contribution in [2.75, 3.05) is 0 Å². The van der Waals surface area contributed by atoms with Gasteiger partial charge in [0, 0.05) is 6.20 Å². The van der Waals surface area contributed by atoms with Crippen molar-refractivity contribution in [3.63, 3.8) is 0 Å². The van der Waals surface area contributed by atoms with Crippen LogP contribution in [0.3, 0.4) is 0 Å². The zero-order valence-corrected chi connectivity index (χ0v) is 10.5. The van der Waals surface area contributed by atoms with Crippen LogP contribution in [0.25, 0.3) is 0 Å². The van der Waals surface area contributed by atoms with Gasteiger partial charge in [-0.25, -0.2) is 9.59 Å². The number of pyridine rings is 1. The van der Waals surface area contributed by atoms with Crippen LogP contribution in [0.1, 0.15) is 34.7 Å². The number of rotatable bonds is 5. The number of nitrogens with zero attached hydrogens (tertiary/aromatic N) is 1. The van der Waals surface area contributed by atoms with Gasteiger partial charge in [0.25, 0.3) is 5.91 Å². The second-order valence-electron chi connectivity index (χ2n) is 4.24. The van der Waals surface area contributed by atoms with E-state index >= 15 is 0 Å². The van der Waals surface area contributed by atoms with Crippen molar-refractivity contribution in [3.8, 4) is 0 Å². The molecule has 7 nitrogen and oxygen atoms in total. The number of aromatic carboxylic acids is 1. The van der Waals surface area contributed by atoms with Gasteiger partial charge in [-0.1, -0.05) is 13.8 Å². The van der Waals surface area contributed by atoms with Gasteiger partial charge in [0.15, 0.2) is 0 Å². The van der Waals surface area contributed by atoms with Crippen molar-refractivity contribution in [3.05, 3.63) is 29.6 Å². The van der Waals surface area contributed by atoms with E-state index in [1.54, 1.807) is 13.8 Å². The summed E-state index contributed by atoms with van der Waals surface area (Å²) in [6, 6.07) is 1.52. The summed E-state index contributed by atoms with van der Waals surface area (Å²) in [7, 11) is 0. The Morgan fingerprint density at radius 1 is 1.26 bits per heavy atom. The summed E-state index contributed by atoms with van der Waals surface area (Å²) >= 11 is 0. The van der Waals surface area contributed by atoms with E-state index in [4.69, 9.17) is 10.2 Å². The number of carbonyl (C=O) groups excluding carboxylic acids is 1. The molecule has 102 valence electrons. The monoisotopic (exact) mass is 266 g/mol. The first kappa shape index (κ1) is 14.6. The molecule has 1 atom stereocenters. The molecule has 0 spiro atoms. The summed E-state index contributed by atoms with van der Waals surface area (Å²) in [4.78, 5) is 37.5. The first-order chi connectivity index (χ1) is 8.84. The summed E-state index contributed by atoms with van der Waals surface area (Å²) in [6.45, 7) is 3.27. The zero-order valence-electron chi connectivity index (χ0n) is 10.5. The Hall–Kier alpha value is -2.44. The van der Waals surface area contributed by atoms with Crippen molar-refractivity contribution < 1.29 is 24.6 Å². The largest absolute Gasteiger partial charge is 0.480 e. The third-order valence-corrected chi connectivity index (χ3v) is 2.47. The minimum Gasteiger partial charge on any atom is -0.480 e. The highest BCUT2D eigenvalue weighted by atomic mass is 16.4. The van der Waals surface area contributed by atoms with Crippen LogP contribution in [0, 0.1) is 5.92 Å². The Morgan fingerprint density at radius 2 is 1.89 bits per heavy atom. The molecule has 0 radical (unpaired) electrons. The number of carboxylic acids is 2. The van der Waals surface area contributed by atoms with Crippen molar-refractivity contribution in [1.29, 1.82) is 0 Å². The molecule has 0 aliphatic heterocycles. The maximum Gasteiger partial charge on any atom is 0.338 e. The lowest BCUT2D eigenvalue weighted by molar-refractivity contribution is -0.140. The first-order valence-corrected chi connectivity index (χ1v) is 5.56. The van der Waals surface area contributed by atoms with Crippen molar-refractivity contribution in [2.24, 2.45) is 5.92 Å². The fraction of sp³-hybridized carbons (Fsp3) is 0.333. The maximum atomic E-state index is 11.9. The van der Waals surface area contributed by atoms with E-state index in [1.807, 2.05) is 0 Å². The van der Waals surface area contributed by atoms with Gasteiger partial charge in [-0.3, -0.25) is 9.78 Å². The molecule has 3 N–H and O–H groups in total. The Morgan fingerprint density at radius 3 is 2.37 bits per heavy atom. The van der Waals surface area contributed by atoms with Crippen LogP contribution in [0.15, 0.2) is 18.3 Å². The highest BCUT2D eigenvalue weighted by Gasteiger charge is 2.26. The van der Waals surface area contributed by atoms with Crippen LogP contribution in [0.5, 0.6) is 0 Å². The molecule has 1 unspecified atom stereocenters. The number of aliphatic carboxylic acids is 1. The summed E-state index contributed by atoms with van der Waals surface area (Å²) in [6.07, 6.45) is 1.27. The number of nitrogens with one attached hydrogen (secondary N) is 1. The lowest BCUT2D eigenvalue weighted by Crippen LogP contribution is -2.44. The molecule has 1 amide bonds. The van der Waals surface area contributed by atoms with E-state index in [1.165, 1.54) is 18.3 Å². The molecule has 0 bridgehead atoms. The van der Waals surface area contributed by atoms with E-state index in [9.17, 15) is 14.4 Å². The second kappa shape index (κ2) is 5.94. The molecule has 0 aromatic carbocycles. The van der Waals surface area contributed by atoms with Gasteiger partial charge >= 0.3 is 11.9 Å². The summed E-state index contributed by atoms with van der Waals surface area (Å²) in [5, 5.41) is 20.2. The van der Waals surface area contributed by atoms with E-state index in [-0.39, 0.29) is 17.2 Å². The highest BCUT2D eigenvalue weighted by Crippen LogP contribution is 2.08. The average molecular weight is 266 g/mol. The summed E-state index contributed by atoms with van der Waals surface area (Å²) < 4.78 is 0. The van der Waals surface area contributed by atoms with Crippen molar-refractivity contribution in [2.45, 2.75) is 19.9 Å². The quantitative estimate of drug-likeness (QED) is 0.719. The highest BCUT2D eigenvalue weighted by molar-refractivity contribution is 6.04. The number of hydrogen-bond donors (Lipinski definition) is 3. The maximum absolute atomic E-state index is 11.9. The Bertz CT molecular complexity index is 513. The average Bonchev–Trinajstić information content (AvgIpc) is 2.34. The Kier molecular flexibility index (Phi) is 4.57. The summed E-state index contributed by atoms with van der Waals surface area (Å²) in [5.41, 5.74) is -0.574. The lowest BCUT2D eigenvalue weighted by Gasteiger charge is -2.17. The standard InChI is InChI=1S/C12H14N2O5/c1-6(2)8(12(18)19)14-10(15)9-7(11(16)17)4-3-5-13-9/h3-6,8H,1-2H3,(H,14,15)(H,16,17)(H,18,19). The second-order valence-corrected chi connectivity index (χ2v) is 4.24. The van der Waals surface area contributed by atoms with Crippen LogP contribution in [-0.2, 0) is 4.79 Å². The Balaban J connectivity index is 3.01. The molecule has 19 heavy (non-hydrogen) atoms. The fourth-order valence-corrected chi connectivity index (χ4v) is 1.48. The smallest absolute Gasteiger partial charge is 0.338 e. The molecule has 1 rings (SSSR count). The fourth-order valence-electron chi connectivity index (χ4n) is 1.48. The van der Waals surface area contributed by atoms with Gasteiger partial charge in [0.05, 0.1) is 5.56 Å². The minimum atomic E-state index is -1.30. The summed E-state index contributed by atoms with van der Waals surface area (Å²) in [5.74, 6) is -3.64. The van der Waals surface area contributed by atoms with Crippen molar-refractivity contribution >= 4 is 17.8 Å². The number of hydrogen-bond acceptors (Lipinski definition) is 4. The topological polar surface area (TPSA) is 117 Å². The molecular weight excluding hydrogens is 252 g/mol. The minimum absolute atomic E-state index is 0.270. The molecule has 0 fully saturated rings. The number of carbonyl (C=O) groups is 3. The van der Waals surface area contributed by atoms with E-state index < -0.39 is 23.9 Å². The molecule has 1 aromatic heterocycles. The normalized spacial score (nSPS) is 11.9. The molecule has 0 aliphatic rings. The van der Waals surface area contributed by atoms with Crippen LogP contribution in [0.4, 0.5) is 0 Å². The zero-order chi connectivity index (χ0) is 14.6. The van der Waals surface area contributed by atoms with Gasteiger partial charge in [-0.2, -0.15) is 0 Å². The number of aromatic nitrogens is 1. The van der Waals surface area contributed by atoms with Gasteiger partial charge in [0.2, 0.25) is 0 Å². The van der Waals surface area contributed by atoms with Crippen LogP contribution in [-0.4, -0.2) is 39.1 Å². The Labute approximate surface area is 109 Å². The van der Waals surface area contributed by atoms with Gasteiger partial charge in [-0.05, 0) is 18.1 Å². The van der Waals surface area contributed by atoms with Crippen LogP contribution < -0.4 is 5.32 Å². The number of carboxylic acid groups (broad SMARTS) is 2. The molecular formula is C12H14N2O5. The molecule has 7 heteroatoms. The molecule has 0 aliphatic carbocycles. The third-order valence-electron chi connectivity index (χ3n) is 2.47. The van der Waals surface area contributed by atoms with E-state index in [2.05, 4.69) is 10.3 Å². The van der Waals surface area contributed by atoms with Gasteiger partial charge < -0.3 is 15.5 Å². The molecule has 1 heterocycles. The lowest BCUT2D eigenvalue weighted by atomic mass is 10.0. The predicted octanol–water partition coefficient (Wildman–Crippen LogP) is 0.619. The molecule has 1 aromatic rings. The van der Waals surface area contributed by atoms with Crippen LogP contribution in [0.2, 0.25) is 0 Å². The van der Waals surface area contributed by atoms with Gasteiger partial charge in [0.1, 0.15) is 11.7 Å². The van der Waals surface area contributed by atoms with E-state index in [0.29, 0.717) is 0 Å². The SMILES string of the molecule is CC(C)C(NC(=O)c1ncccc1C(=O)O)C(=O)O. The van der Waals surface area contributed by atoms with Gasteiger partial charge in [-0.15, -0.1) is 0 Å². The van der Waals surface area contributed by atoms with Crippen molar-refractivity contribution in [1.82, 2.24) is 10.3 Å².